The van der Waals surface area contributed by atoms with Gasteiger partial charge in [-0.3, -0.25) is 0 Å². The van der Waals surface area contributed by atoms with Crippen molar-refractivity contribution in [3.05, 3.63) is 18.3 Å². The molecule has 0 amide bonds. The molecule has 6 heteroatoms. The average molecular weight is 272 g/mol. The van der Waals surface area contributed by atoms with Crippen LogP contribution < -0.4 is 5.32 Å². The van der Waals surface area contributed by atoms with Crippen LogP contribution in [0.4, 0.5) is 5.69 Å². The maximum Gasteiger partial charge on any atom is 0.192 e. The summed E-state index contributed by atoms with van der Waals surface area (Å²) in [7, 11) is -3.25. The Bertz CT molecular complexity index is 479. The molecule has 0 aliphatic carbocycles. The van der Waals surface area contributed by atoms with Crippen molar-refractivity contribution < 1.29 is 13.5 Å². The minimum atomic E-state index is -3.25. The molecule has 1 heterocycles. The molecule has 0 radical (unpaired) electrons. The molecular formula is C12H20N2O3S. The summed E-state index contributed by atoms with van der Waals surface area (Å²) in [5.74, 6) is 0. The zero-order chi connectivity index (χ0) is 13.8. The molecule has 0 aliphatic heterocycles. The number of pyridine rings is 1. The lowest BCUT2D eigenvalue weighted by molar-refractivity contribution is 0.149. The number of nitrogens with one attached hydrogen (secondary N) is 1. The summed E-state index contributed by atoms with van der Waals surface area (Å²) in [5.41, 5.74) is 0.561. The van der Waals surface area contributed by atoms with Crippen molar-refractivity contribution in [3.63, 3.8) is 0 Å². The van der Waals surface area contributed by atoms with Crippen LogP contribution in [0.15, 0.2) is 23.4 Å². The highest BCUT2D eigenvalue weighted by Crippen LogP contribution is 2.21. The lowest BCUT2D eigenvalue weighted by Crippen LogP contribution is -2.29. The van der Waals surface area contributed by atoms with E-state index in [1.54, 1.807) is 6.07 Å². The Hall–Kier alpha value is -1.14. The van der Waals surface area contributed by atoms with E-state index in [9.17, 15) is 13.5 Å². The molecule has 0 fully saturated rings. The van der Waals surface area contributed by atoms with Crippen LogP contribution in [0.3, 0.4) is 0 Å². The molecule has 0 saturated carbocycles. The summed E-state index contributed by atoms with van der Waals surface area (Å²) in [6.45, 7) is 4.71. The first-order valence-electron chi connectivity index (χ1n) is 5.81. The van der Waals surface area contributed by atoms with Gasteiger partial charge in [0.15, 0.2) is 14.9 Å². The molecule has 0 spiro atoms. The number of aliphatic hydroxyl groups excluding tert-OH is 1. The highest BCUT2D eigenvalue weighted by molar-refractivity contribution is 7.90. The third-order valence-corrected chi connectivity index (χ3v) is 4.07. The number of anilines is 1. The first-order chi connectivity index (χ1) is 8.30. The van der Waals surface area contributed by atoms with Crippen molar-refractivity contribution in [1.82, 2.24) is 4.98 Å². The Morgan fingerprint density at radius 1 is 1.44 bits per heavy atom. The zero-order valence-corrected chi connectivity index (χ0v) is 11.8. The van der Waals surface area contributed by atoms with Crippen LogP contribution in [0.1, 0.15) is 20.3 Å². The number of nitrogens with zero attached hydrogens (tertiary/aromatic N) is 1. The van der Waals surface area contributed by atoms with Crippen molar-refractivity contribution in [2.75, 3.05) is 24.7 Å². The van der Waals surface area contributed by atoms with Crippen LogP contribution in [-0.2, 0) is 9.84 Å². The van der Waals surface area contributed by atoms with Crippen molar-refractivity contribution in [1.29, 1.82) is 0 Å². The standard InChI is InChI=1S/C12H20N2O3S/c1-4-12(2,9-15)8-14-10-5-6-11(13-7-10)18(3,16)17/h5-7,14-15H,4,8-9H2,1-3H3. The van der Waals surface area contributed by atoms with E-state index in [0.29, 0.717) is 6.54 Å². The van der Waals surface area contributed by atoms with E-state index in [0.717, 1.165) is 18.4 Å². The average Bonchev–Trinajstić information content (AvgIpc) is 2.35. The van der Waals surface area contributed by atoms with Crippen molar-refractivity contribution in [2.45, 2.75) is 25.3 Å². The van der Waals surface area contributed by atoms with Gasteiger partial charge in [-0.2, -0.15) is 0 Å². The van der Waals surface area contributed by atoms with Gasteiger partial charge in [-0.15, -0.1) is 0 Å². The third-order valence-electron chi connectivity index (χ3n) is 3.07. The second kappa shape index (κ2) is 5.67. The Morgan fingerprint density at radius 3 is 2.50 bits per heavy atom. The molecule has 18 heavy (non-hydrogen) atoms. The maximum atomic E-state index is 11.2. The smallest absolute Gasteiger partial charge is 0.192 e. The molecule has 5 nitrogen and oxygen atoms in total. The SMILES string of the molecule is CCC(C)(CO)CNc1ccc(S(C)(=O)=O)nc1. The highest BCUT2D eigenvalue weighted by Gasteiger charge is 2.20. The van der Waals surface area contributed by atoms with E-state index < -0.39 is 9.84 Å². The van der Waals surface area contributed by atoms with Crippen LogP contribution in [-0.4, -0.2) is 37.9 Å². The van der Waals surface area contributed by atoms with E-state index in [4.69, 9.17) is 0 Å². The number of hydrogen-bond donors (Lipinski definition) is 2. The number of hydrogen-bond acceptors (Lipinski definition) is 5. The molecule has 1 aromatic heterocycles. The summed E-state index contributed by atoms with van der Waals surface area (Å²) < 4.78 is 22.5. The summed E-state index contributed by atoms with van der Waals surface area (Å²) >= 11 is 0. The maximum absolute atomic E-state index is 11.2. The number of aromatic nitrogens is 1. The minimum absolute atomic E-state index is 0.0634. The topological polar surface area (TPSA) is 79.3 Å². The van der Waals surface area contributed by atoms with Gasteiger partial charge in [0.25, 0.3) is 0 Å². The molecule has 102 valence electrons. The van der Waals surface area contributed by atoms with Crippen LogP contribution in [0.25, 0.3) is 0 Å². The molecule has 1 aromatic rings. The van der Waals surface area contributed by atoms with Gasteiger partial charge in [-0.1, -0.05) is 13.8 Å². The lowest BCUT2D eigenvalue weighted by atomic mass is 9.88. The summed E-state index contributed by atoms with van der Waals surface area (Å²) in [6, 6.07) is 3.15. The van der Waals surface area contributed by atoms with E-state index in [2.05, 4.69) is 10.3 Å². The third kappa shape index (κ3) is 3.96. The second-order valence-corrected chi connectivity index (χ2v) is 6.80. The Balaban J connectivity index is 2.71. The molecule has 1 atom stereocenters. The van der Waals surface area contributed by atoms with Gasteiger partial charge in [0, 0.05) is 18.2 Å². The molecule has 1 rings (SSSR count). The van der Waals surface area contributed by atoms with Gasteiger partial charge in [0.2, 0.25) is 0 Å². The molecule has 1 unspecified atom stereocenters. The van der Waals surface area contributed by atoms with E-state index in [1.807, 2.05) is 13.8 Å². The zero-order valence-electron chi connectivity index (χ0n) is 11.0. The number of sulfone groups is 1. The van der Waals surface area contributed by atoms with Crippen molar-refractivity contribution in [3.8, 4) is 0 Å². The highest BCUT2D eigenvalue weighted by atomic mass is 32.2. The Morgan fingerprint density at radius 2 is 2.11 bits per heavy atom. The predicted octanol–water partition coefficient (Wildman–Crippen LogP) is 1.31. The molecule has 2 N–H and O–H groups in total. The van der Waals surface area contributed by atoms with Gasteiger partial charge in [0.05, 0.1) is 18.5 Å². The monoisotopic (exact) mass is 272 g/mol. The molecule has 0 aliphatic rings. The van der Waals surface area contributed by atoms with Crippen molar-refractivity contribution >= 4 is 15.5 Å². The lowest BCUT2D eigenvalue weighted by Gasteiger charge is -2.26. The van der Waals surface area contributed by atoms with E-state index in [1.165, 1.54) is 12.3 Å². The molecular weight excluding hydrogens is 252 g/mol. The van der Waals surface area contributed by atoms with Gasteiger partial charge in [-0.25, -0.2) is 13.4 Å². The summed E-state index contributed by atoms with van der Waals surface area (Å²) in [5, 5.41) is 12.5. The number of aliphatic hydroxyl groups is 1. The first kappa shape index (κ1) is 14.9. The van der Waals surface area contributed by atoms with Crippen LogP contribution in [0, 0.1) is 5.41 Å². The normalized spacial score (nSPS) is 15.1. The van der Waals surface area contributed by atoms with Gasteiger partial charge in [0.1, 0.15) is 0 Å². The molecule has 0 bridgehead atoms. The van der Waals surface area contributed by atoms with E-state index >= 15 is 0 Å². The number of rotatable bonds is 6. The van der Waals surface area contributed by atoms with Crippen LogP contribution in [0.5, 0.6) is 0 Å². The predicted molar refractivity (Wildman–Crippen MR) is 71.3 cm³/mol. The largest absolute Gasteiger partial charge is 0.396 e. The second-order valence-electron chi connectivity index (χ2n) is 4.83. The van der Waals surface area contributed by atoms with Gasteiger partial charge >= 0.3 is 0 Å². The molecule has 0 saturated heterocycles. The van der Waals surface area contributed by atoms with Gasteiger partial charge in [-0.05, 0) is 18.6 Å². The minimum Gasteiger partial charge on any atom is -0.396 e. The van der Waals surface area contributed by atoms with E-state index in [-0.39, 0.29) is 17.0 Å². The Labute approximate surface area is 108 Å². The quantitative estimate of drug-likeness (QED) is 0.816. The summed E-state index contributed by atoms with van der Waals surface area (Å²) in [6.07, 6.45) is 3.47. The fourth-order valence-corrected chi connectivity index (χ4v) is 1.87. The van der Waals surface area contributed by atoms with Crippen LogP contribution >= 0.6 is 0 Å². The van der Waals surface area contributed by atoms with Crippen LogP contribution in [0.2, 0.25) is 0 Å². The fraction of sp³-hybridized carbons (Fsp3) is 0.583. The van der Waals surface area contributed by atoms with Crippen molar-refractivity contribution in [2.24, 2.45) is 5.41 Å². The molecule has 0 aromatic carbocycles. The van der Waals surface area contributed by atoms with Gasteiger partial charge < -0.3 is 10.4 Å². The fourth-order valence-electron chi connectivity index (χ4n) is 1.31. The summed E-state index contributed by atoms with van der Waals surface area (Å²) in [4.78, 5) is 3.89. The Kier molecular flexibility index (Phi) is 4.70. The first-order valence-corrected chi connectivity index (χ1v) is 7.71.